The largest absolute Gasteiger partial charge is 0.416 e. The van der Waals surface area contributed by atoms with Gasteiger partial charge < -0.3 is 10.2 Å². The Morgan fingerprint density at radius 1 is 1.21 bits per heavy atom. The Bertz CT molecular complexity index is 1330. The van der Waals surface area contributed by atoms with Crippen molar-refractivity contribution in [3.63, 3.8) is 0 Å². The average Bonchev–Trinajstić information content (AvgIpc) is 3.41. The summed E-state index contributed by atoms with van der Waals surface area (Å²) in [4.78, 5) is 19.2. The molecule has 0 radical (unpaired) electrons. The lowest BCUT2D eigenvalue weighted by molar-refractivity contribution is -0.138. The van der Waals surface area contributed by atoms with Crippen molar-refractivity contribution < 1.29 is 18.0 Å². The number of carbonyl (C=O) groups excluding carboxylic acids is 1. The zero-order chi connectivity index (χ0) is 23.9. The van der Waals surface area contributed by atoms with Crippen LogP contribution in [0.4, 0.5) is 13.2 Å². The molecule has 11 heteroatoms. The van der Waals surface area contributed by atoms with Crippen LogP contribution in [0.2, 0.25) is 5.02 Å². The third kappa shape index (κ3) is 4.78. The summed E-state index contributed by atoms with van der Waals surface area (Å²) in [5.41, 5.74) is 1.03. The summed E-state index contributed by atoms with van der Waals surface area (Å²) in [5.74, 6) is -0.00426. The van der Waals surface area contributed by atoms with Crippen molar-refractivity contribution in [2.24, 2.45) is 4.99 Å². The quantitative estimate of drug-likeness (QED) is 0.563. The Labute approximate surface area is 202 Å². The van der Waals surface area contributed by atoms with E-state index in [1.165, 1.54) is 12.1 Å². The Morgan fingerprint density at radius 3 is 2.85 bits per heavy atom. The molecule has 1 fully saturated rings. The van der Waals surface area contributed by atoms with Crippen molar-refractivity contribution >= 4 is 51.4 Å². The monoisotopic (exact) mass is 505 g/mol. The molecule has 0 spiro atoms. The Kier molecular flexibility index (Phi) is 6.03. The summed E-state index contributed by atoms with van der Waals surface area (Å²) in [6, 6.07) is 9.50. The van der Waals surface area contributed by atoms with Crippen molar-refractivity contribution in [3.05, 3.63) is 69.2 Å². The van der Waals surface area contributed by atoms with Gasteiger partial charge in [-0.2, -0.15) is 18.3 Å². The van der Waals surface area contributed by atoms with Gasteiger partial charge in [-0.1, -0.05) is 35.5 Å². The number of benzene rings is 2. The second-order valence-electron chi connectivity index (χ2n) is 8.00. The molecule has 1 N–H and O–H groups in total. The molecular formula is C23H19ClF3N5OS. The SMILES string of the molecule is O=C1CN(C2=NCC(=Cc3ccc4c(cnn4Cc4ccc(Cl)cc4C(F)(F)F)c3)S2)CCN1. The Balaban J connectivity index is 1.34. The molecule has 2 aliphatic rings. The van der Waals surface area contributed by atoms with E-state index < -0.39 is 11.7 Å². The lowest BCUT2D eigenvalue weighted by Gasteiger charge is -2.27. The number of aromatic nitrogens is 2. The molecule has 0 unspecified atom stereocenters. The number of carbonyl (C=O) groups is 1. The van der Waals surface area contributed by atoms with Gasteiger partial charge in [0.25, 0.3) is 0 Å². The number of nitrogens with one attached hydrogen (secondary N) is 1. The highest BCUT2D eigenvalue weighted by Crippen LogP contribution is 2.35. The van der Waals surface area contributed by atoms with E-state index in [4.69, 9.17) is 11.6 Å². The minimum atomic E-state index is -4.50. The number of halogens is 4. The first-order valence-corrected chi connectivity index (χ1v) is 11.7. The fraction of sp³-hybridized carbons (Fsp3) is 0.261. The number of thioether (sulfide) groups is 1. The third-order valence-electron chi connectivity index (χ3n) is 5.59. The Hall–Kier alpha value is -2.98. The molecule has 1 aromatic heterocycles. The molecule has 0 atom stereocenters. The first-order chi connectivity index (χ1) is 16.3. The van der Waals surface area contributed by atoms with Crippen LogP contribution in [-0.2, 0) is 17.5 Å². The van der Waals surface area contributed by atoms with Gasteiger partial charge in [0, 0.05) is 28.4 Å². The molecule has 2 aromatic carbocycles. The van der Waals surface area contributed by atoms with Crippen LogP contribution in [0, 0.1) is 0 Å². The predicted octanol–water partition coefficient (Wildman–Crippen LogP) is 4.63. The fourth-order valence-corrected chi connectivity index (χ4v) is 5.13. The molecule has 5 rings (SSSR count). The number of alkyl halides is 3. The van der Waals surface area contributed by atoms with E-state index in [0.717, 1.165) is 39.2 Å². The predicted molar refractivity (Wildman–Crippen MR) is 128 cm³/mol. The molecule has 176 valence electrons. The molecule has 6 nitrogen and oxygen atoms in total. The molecule has 0 aliphatic carbocycles. The summed E-state index contributed by atoms with van der Waals surface area (Å²) in [7, 11) is 0. The van der Waals surface area contributed by atoms with Crippen molar-refractivity contribution in [3.8, 4) is 0 Å². The molecule has 0 saturated carbocycles. The first kappa shape index (κ1) is 22.8. The molecular weight excluding hydrogens is 487 g/mol. The maximum Gasteiger partial charge on any atom is 0.416 e. The van der Waals surface area contributed by atoms with Gasteiger partial charge >= 0.3 is 6.18 Å². The molecule has 3 heterocycles. The van der Waals surface area contributed by atoms with E-state index in [1.807, 2.05) is 29.2 Å². The second-order valence-corrected chi connectivity index (χ2v) is 9.53. The minimum absolute atomic E-state index is 0.00426. The lowest BCUT2D eigenvalue weighted by atomic mass is 10.1. The second kappa shape index (κ2) is 8.99. The minimum Gasteiger partial charge on any atom is -0.353 e. The van der Waals surface area contributed by atoms with Crippen molar-refractivity contribution in [2.75, 3.05) is 26.2 Å². The van der Waals surface area contributed by atoms with Gasteiger partial charge in [0.15, 0.2) is 5.17 Å². The summed E-state index contributed by atoms with van der Waals surface area (Å²) >= 11 is 7.34. The number of nitrogens with zero attached hydrogens (tertiary/aromatic N) is 4. The van der Waals surface area contributed by atoms with Gasteiger partial charge in [-0.3, -0.25) is 14.5 Å². The first-order valence-electron chi connectivity index (χ1n) is 10.5. The lowest BCUT2D eigenvalue weighted by Crippen LogP contribution is -2.48. The van der Waals surface area contributed by atoms with E-state index in [0.29, 0.717) is 19.6 Å². The Morgan fingerprint density at radius 2 is 2.06 bits per heavy atom. The highest BCUT2D eigenvalue weighted by Gasteiger charge is 2.33. The van der Waals surface area contributed by atoms with Crippen molar-refractivity contribution in [1.82, 2.24) is 20.0 Å². The van der Waals surface area contributed by atoms with Crippen LogP contribution in [0.1, 0.15) is 16.7 Å². The summed E-state index contributed by atoms with van der Waals surface area (Å²) in [6.07, 6.45) is -0.820. The third-order valence-corrected chi connectivity index (χ3v) is 6.91. The van der Waals surface area contributed by atoms with Gasteiger partial charge in [0.05, 0.1) is 36.9 Å². The number of fused-ring (bicyclic) bond motifs is 1. The number of amides is 1. The van der Waals surface area contributed by atoms with Crippen molar-refractivity contribution in [1.29, 1.82) is 0 Å². The van der Waals surface area contributed by atoms with Crippen molar-refractivity contribution in [2.45, 2.75) is 12.7 Å². The van der Waals surface area contributed by atoms with Gasteiger partial charge in [0.1, 0.15) is 0 Å². The zero-order valence-electron chi connectivity index (χ0n) is 17.8. The maximum atomic E-state index is 13.5. The van der Waals surface area contributed by atoms with Crippen LogP contribution in [0.15, 0.2) is 52.5 Å². The number of amidine groups is 1. The molecule has 1 saturated heterocycles. The van der Waals surface area contributed by atoms with Crippen LogP contribution < -0.4 is 5.32 Å². The fourth-order valence-electron chi connectivity index (χ4n) is 3.99. The molecule has 2 aliphatic heterocycles. The molecule has 34 heavy (non-hydrogen) atoms. The van der Waals surface area contributed by atoms with Gasteiger partial charge in [-0.15, -0.1) is 0 Å². The van der Waals surface area contributed by atoms with E-state index >= 15 is 0 Å². The van der Waals surface area contributed by atoms with Crippen LogP contribution >= 0.6 is 23.4 Å². The normalized spacial score (nSPS) is 18.0. The number of piperazine rings is 1. The van der Waals surface area contributed by atoms with E-state index in [1.54, 1.807) is 22.6 Å². The standard InChI is InChI=1S/C23H19ClF3N5OS/c24-17-3-2-15(19(9-17)23(25,26)27)12-32-20-4-1-14(7-16(20)10-30-32)8-18-11-29-22(34-18)31-6-5-28-21(33)13-31/h1-4,7-10H,5-6,11-13H2,(H,28,33). The molecule has 0 bridgehead atoms. The maximum absolute atomic E-state index is 13.5. The highest BCUT2D eigenvalue weighted by molar-refractivity contribution is 8.17. The average molecular weight is 506 g/mol. The van der Waals surface area contributed by atoms with Gasteiger partial charge in [-0.25, -0.2) is 0 Å². The smallest absolute Gasteiger partial charge is 0.353 e. The number of hydrogen-bond donors (Lipinski definition) is 1. The van der Waals surface area contributed by atoms with Gasteiger partial charge in [0.2, 0.25) is 5.91 Å². The van der Waals surface area contributed by atoms with E-state index in [-0.39, 0.29) is 23.0 Å². The molecule has 3 aromatic rings. The van der Waals surface area contributed by atoms with Crippen LogP contribution in [0.3, 0.4) is 0 Å². The summed E-state index contributed by atoms with van der Waals surface area (Å²) in [6.45, 7) is 2.19. The number of hydrogen-bond acceptors (Lipinski definition) is 5. The number of rotatable bonds is 3. The zero-order valence-corrected chi connectivity index (χ0v) is 19.3. The highest BCUT2D eigenvalue weighted by atomic mass is 35.5. The van der Waals surface area contributed by atoms with Crippen LogP contribution in [0.5, 0.6) is 0 Å². The number of aliphatic imine (C=N–C) groups is 1. The summed E-state index contributed by atoms with van der Waals surface area (Å²) in [5, 5.41) is 8.83. The topological polar surface area (TPSA) is 62.5 Å². The van der Waals surface area contributed by atoms with Crippen LogP contribution in [-0.4, -0.2) is 51.9 Å². The molecule has 1 amide bonds. The van der Waals surface area contributed by atoms with Gasteiger partial charge in [-0.05, 0) is 41.5 Å². The van der Waals surface area contributed by atoms with E-state index in [2.05, 4.69) is 15.4 Å². The summed E-state index contributed by atoms with van der Waals surface area (Å²) < 4.78 is 41.9. The van der Waals surface area contributed by atoms with Crippen LogP contribution in [0.25, 0.3) is 17.0 Å². The van der Waals surface area contributed by atoms with E-state index in [9.17, 15) is 18.0 Å².